The largest absolute Gasteiger partial charge is 0.507 e. The van der Waals surface area contributed by atoms with Crippen molar-refractivity contribution in [3.05, 3.63) is 28.8 Å². The molecule has 0 aliphatic heterocycles. The standard InChI is InChI=1S/C12H16O5/c1-6-4-8(5-7(2)9(6)13)10(14)11(15)12(16)17-3/h4-5,10-11,13-15H,1-3H3. The van der Waals surface area contributed by atoms with Gasteiger partial charge in [0.05, 0.1) is 7.11 Å². The molecule has 1 aromatic rings. The predicted octanol–water partition coefficient (Wildman–Crippen LogP) is 0.576. The monoisotopic (exact) mass is 240 g/mol. The van der Waals surface area contributed by atoms with Crippen molar-refractivity contribution < 1.29 is 24.9 Å². The SMILES string of the molecule is COC(=O)C(O)C(O)c1cc(C)c(O)c(C)c1. The molecule has 0 heterocycles. The molecule has 5 nitrogen and oxygen atoms in total. The van der Waals surface area contributed by atoms with Crippen LogP contribution in [0, 0.1) is 13.8 Å². The Kier molecular flexibility index (Phi) is 4.09. The summed E-state index contributed by atoms with van der Waals surface area (Å²) in [5.74, 6) is -0.769. The number of aliphatic hydroxyl groups is 2. The predicted molar refractivity (Wildman–Crippen MR) is 60.6 cm³/mol. The first-order valence-corrected chi connectivity index (χ1v) is 5.12. The third kappa shape index (κ3) is 2.75. The smallest absolute Gasteiger partial charge is 0.337 e. The van der Waals surface area contributed by atoms with E-state index in [0.29, 0.717) is 16.7 Å². The number of hydrogen-bond donors (Lipinski definition) is 3. The molecular formula is C12H16O5. The summed E-state index contributed by atoms with van der Waals surface area (Å²) in [5, 5.41) is 28.9. The zero-order valence-corrected chi connectivity index (χ0v) is 9.97. The molecule has 0 fully saturated rings. The van der Waals surface area contributed by atoms with E-state index in [0.717, 1.165) is 7.11 Å². The maximum Gasteiger partial charge on any atom is 0.337 e. The first kappa shape index (κ1) is 13.5. The second kappa shape index (κ2) is 5.16. The van der Waals surface area contributed by atoms with Gasteiger partial charge in [0.1, 0.15) is 11.9 Å². The van der Waals surface area contributed by atoms with Gasteiger partial charge in [-0.05, 0) is 42.7 Å². The fraction of sp³-hybridized carbons (Fsp3) is 0.417. The summed E-state index contributed by atoms with van der Waals surface area (Å²) in [6, 6.07) is 3.03. The number of phenolic OH excluding ortho intramolecular Hbond substituents is 1. The van der Waals surface area contributed by atoms with Crippen molar-refractivity contribution in [1.82, 2.24) is 0 Å². The number of aliphatic hydroxyl groups excluding tert-OH is 2. The van der Waals surface area contributed by atoms with E-state index in [9.17, 15) is 20.1 Å². The molecule has 1 aromatic carbocycles. The van der Waals surface area contributed by atoms with Crippen molar-refractivity contribution in [2.24, 2.45) is 0 Å². The fourth-order valence-electron chi connectivity index (χ4n) is 1.59. The quantitative estimate of drug-likeness (QED) is 0.673. The van der Waals surface area contributed by atoms with E-state index in [2.05, 4.69) is 4.74 Å². The molecule has 0 aromatic heterocycles. The van der Waals surface area contributed by atoms with Gasteiger partial charge in [-0.15, -0.1) is 0 Å². The van der Waals surface area contributed by atoms with Crippen molar-refractivity contribution >= 4 is 5.97 Å². The lowest BCUT2D eigenvalue weighted by molar-refractivity contribution is -0.156. The molecule has 0 radical (unpaired) electrons. The Labute approximate surface area is 99.3 Å². The summed E-state index contributed by atoms with van der Waals surface area (Å²) >= 11 is 0. The van der Waals surface area contributed by atoms with Gasteiger partial charge in [0.15, 0.2) is 6.10 Å². The van der Waals surface area contributed by atoms with Crippen molar-refractivity contribution in [2.75, 3.05) is 7.11 Å². The van der Waals surface area contributed by atoms with Crippen molar-refractivity contribution in [2.45, 2.75) is 26.1 Å². The minimum atomic E-state index is -1.64. The number of phenols is 1. The lowest BCUT2D eigenvalue weighted by Crippen LogP contribution is -2.29. The normalized spacial score (nSPS) is 14.2. The number of ether oxygens (including phenoxy) is 1. The lowest BCUT2D eigenvalue weighted by atomic mass is 9.99. The van der Waals surface area contributed by atoms with Crippen LogP contribution >= 0.6 is 0 Å². The number of aromatic hydroxyl groups is 1. The first-order valence-electron chi connectivity index (χ1n) is 5.12. The molecule has 3 N–H and O–H groups in total. The van der Waals surface area contributed by atoms with Crippen LogP contribution in [0.1, 0.15) is 22.8 Å². The summed E-state index contributed by atoms with van der Waals surface area (Å²) < 4.78 is 4.34. The highest BCUT2D eigenvalue weighted by Gasteiger charge is 2.27. The Hall–Kier alpha value is -1.59. The van der Waals surface area contributed by atoms with Gasteiger partial charge in [-0.2, -0.15) is 0 Å². The van der Waals surface area contributed by atoms with Crippen molar-refractivity contribution in [1.29, 1.82) is 0 Å². The molecule has 0 spiro atoms. The Morgan fingerprint density at radius 3 is 2.12 bits per heavy atom. The van der Waals surface area contributed by atoms with E-state index < -0.39 is 18.2 Å². The Bertz CT molecular complexity index is 404. The molecule has 0 saturated heterocycles. The Morgan fingerprint density at radius 2 is 1.71 bits per heavy atom. The number of esters is 1. The maximum atomic E-state index is 11.1. The summed E-state index contributed by atoms with van der Waals surface area (Å²) in [6.07, 6.45) is -3.01. The molecule has 5 heteroatoms. The Balaban J connectivity index is 3.04. The van der Waals surface area contributed by atoms with E-state index in [4.69, 9.17) is 0 Å². The highest BCUT2D eigenvalue weighted by Crippen LogP contribution is 2.27. The van der Waals surface area contributed by atoms with Crippen LogP contribution in [0.2, 0.25) is 0 Å². The minimum absolute atomic E-state index is 0.133. The highest BCUT2D eigenvalue weighted by atomic mass is 16.5. The van der Waals surface area contributed by atoms with Crippen LogP contribution in [0.15, 0.2) is 12.1 Å². The average Bonchev–Trinajstić information content (AvgIpc) is 2.32. The van der Waals surface area contributed by atoms with E-state index in [1.165, 1.54) is 12.1 Å². The Morgan fingerprint density at radius 1 is 1.24 bits per heavy atom. The summed E-state index contributed by atoms with van der Waals surface area (Å²) in [4.78, 5) is 11.1. The molecule has 0 saturated carbocycles. The number of aryl methyl sites for hydroxylation is 2. The molecule has 0 aliphatic rings. The first-order chi connectivity index (χ1) is 7.88. The van der Waals surface area contributed by atoms with Crippen LogP contribution in [-0.4, -0.2) is 34.5 Å². The van der Waals surface area contributed by atoms with E-state index >= 15 is 0 Å². The molecule has 0 aliphatic carbocycles. The number of hydrogen-bond acceptors (Lipinski definition) is 5. The third-order valence-electron chi connectivity index (χ3n) is 2.60. The van der Waals surface area contributed by atoms with Crippen LogP contribution in [-0.2, 0) is 9.53 Å². The number of methoxy groups -OCH3 is 1. The van der Waals surface area contributed by atoms with E-state index in [1.807, 2.05) is 0 Å². The summed E-state index contributed by atoms with van der Waals surface area (Å²) in [5.41, 5.74) is 1.49. The van der Waals surface area contributed by atoms with Crippen LogP contribution in [0.3, 0.4) is 0 Å². The van der Waals surface area contributed by atoms with Crippen LogP contribution in [0.5, 0.6) is 5.75 Å². The van der Waals surface area contributed by atoms with Gasteiger partial charge < -0.3 is 20.1 Å². The van der Waals surface area contributed by atoms with Gasteiger partial charge in [0.25, 0.3) is 0 Å². The molecule has 2 unspecified atom stereocenters. The van der Waals surface area contributed by atoms with Gasteiger partial charge >= 0.3 is 5.97 Å². The van der Waals surface area contributed by atoms with Crippen molar-refractivity contribution in [3.8, 4) is 5.75 Å². The zero-order valence-electron chi connectivity index (χ0n) is 9.97. The van der Waals surface area contributed by atoms with Crippen LogP contribution < -0.4 is 0 Å². The van der Waals surface area contributed by atoms with Crippen LogP contribution in [0.25, 0.3) is 0 Å². The molecule has 0 amide bonds. The van der Waals surface area contributed by atoms with Crippen molar-refractivity contribution in [3.63, 3.8) is 0 Å². The topological polar surface area (TPSA) is 87.0 Å². The maximum absolute atomic E-state index is 11.1. The second-order valence-corrected chi connectivity index (χ2v) is 3.92. The van der Waals surface area contributed by atoms with Gasteiger partial charge in [0.2, 0.25) is 0 Å². The zero-order chi connectivity index (χ0) is 13.2. The molecule has 1 rings (SSSR count). The lowest BCUT2D eigenvalue weighted by Gasteiger charge is -2.17. The molecule has 0 bridgehead atoms. The third-order valence-corrected chi connectivity index (χ3v) is 2.60. The summed E-state index contributed by atoms with van der Waals surface area (Å²) in [6.45, 7) is 3.34. The summed E-state index contributed by atoms with van der Waals surface area (Å²) in [7, 11) is 1.13. The average molecular weight is 240 g/mol. The number of carbonyl (C=O) groups excluding carboxylic acids is 1. The molecule has 2 atom stereocenters. The highest BCUT2D eigenvalue weighted by molar-refractivity contribution is 5.75. The van der Waals surface area contributed by atoms with Gasteiger partial charge in [-0.3, -0.25) is 0 Å². The molecule has 17 heavy (non-hydrogen) atoms. The van der Waals surface area contributed by atoms with E-state index in [1.54, 1.807) is 13.8 Å². The number of rotatable bonds is 3. The second-order valence-electron chi connectivity index (χ2n) is 3.92. The minimum Gasteiger partial charge on any atom is -0.507 e. The number of benzene rings is 1. The number of carbonyl (C=O) groups is 1. The van der Waals surface area contributed by atoms with Gasteiger partial charge in [-0.25, -0.2) is 4.79 Å². The molecule has 94 valence electrons. The van der Waals surface area contributed by atoms with Gasteiger partial charge in [-0.1, -0.05) is 0 Å². The molecular weight excluding hydrogens is 224 g/mol. The fourth-order valence-corrected chi connectivity index (χ4v) is 1.59. The van der Waals surface area contributed by atoms with Crippen LogP contribution in [0.4, 0.5) is 0 Å². The van der Waals surface area contributed by atoms with E-state index in [-0.39, 0.29) is 5.75 Å². The van der Waals surface area contributed by atoms with Gasteiger partial charge in [0, 0.05) is 0 Å².